The summed E-state index contributed by atoms with van der Waals surface area (Å²) >= 11 is 12.3. The van der Waals surface area contributed by atoms with Crippen molar-refractivity contribution < 1.29 is 0 Å². The van der Waals surface area contributed by atoms with Gasteiger partial charge >= 0.3 is 0 Å². The van der Waals surface area contributed by atoms with Crippen LogP contribution in [-0.4, -0.2) is 28.2 Å². The number of thiocarbonyl (C=S) groups is 1. The Morgan fingerprint density at radius 1 is 0.828 bits per heavy atom. The molecule has 0 unspecified atom stereocenters. The van der Waals surface area contributed by atoms with E-state index in [2.05, 4.69) is 82.3 Å². The Bertz CT molecular complexity index is 978. The van der Waals surface area contributed by atoms with Crippen LogP contribution in [0, 0.1) is 6.92 Å². The molecule has 0 spiro atoms. The summed E-state index contributed by atoms with van der Waals surface area (Å²) in [5.41, 5.74) is 4.78. The van der Waals surface area contributed by atoms with E-state index in [0.29, 0.717) is 0 Å². The highest BCUT2D eigenvalue weighted by molar-refractivity contribution is 7.80. The van der Waals surface area contributed by atoms with E-state index < -0.39 is 0 Å². The molecule has 0 N–H and O–H groups in total. The lowest BCUT2D eigenvalue weighted by atomic mass is 10.1. The minimum Gasteiger partial charge on any atom is -0.331 e. The molecule has 1 aliphatic heterocycles. The molecular weight excluding hydrogens is 398 g/mol. The molecule has 3 aromatic rings. The third kappa shape index (κ3) is 4.78. The van der Waals surface area contributed by atoms with Crippen molar-refractivity contribution >= 4 is 34.6 Å². The Morgan fingerprint density at radius 2 is 1.45 bits per heavy atom. The maximum atomic E-state index is 6.32. The van der Waals surface area contributed by atoms with Crippen molar-refractivity contribution in [3.63, 3.8) is 0 Å². The predicted octanol–water partition coefficient (Wildman–Crippen LogP) is 5.67. The summed E-state index contributed by atoms with van der Waals surface area (Å²) in [6.45, 7) is 5.27. The zero-order valence-corrected chi connectivity index (χ0v) is 18.0. The Labute approximate surface area is 183 Å². The van der Waals surface area contributed by atoms with Crippen LogP contribution in [0.3, 0.4) is 0 Å². The minimum atomic E-state index is 0.725. The maximum absolute atomic E-state index is 6.32. The molecule has 0 bridgehead atoms. The van der Waals surface area contributed by atoms with Crippen LogP contribution in [0.4, 0.5) is 5.69 Å². The van der Waals surface area contributed by atoms with E-state index in [1.807, 2.05) is 18.2 Å². The van der Waals surface area contributed by atoms with Gasteiger partial charge in [0.1, 0.15) is 0 Å². The lowest BCUT2D eigenvalue weighted by molar-refractivity contribution is 0.156. The van der Waals surface area contributed by atoms with Gasteiger partial charge in [-0.2, -0.15) is 0 Å². The molecule has 0 aliphatic carbocycles. The third-order valence-corrected chi connectivity index (χ3v) is 5.85. The van der Waals surface area contributed by atoms with E-state index in [4.69, 9.17) is 23.8 Å². The van der Waals surface area contributed by atoms with Crippen LogP contribution in [0.1, 0.15) is 16.7 Å². The van der Waals surface area contributed by atoms with E-state index in [1.165, 1.54) is 11.1 Å². The largest absolute Gasteiger partial charge is 0.331 e. The number of benzene rings is 3. The molecular formula is C24H24ClN3S. The summed E-state index contributed by atoms with van der Waals surface area (Å²) in [4.78, 5) is 6.87. The molecule has 1 aliphatic rings. The molecule has 0 saturated carbocycles. The van der Waals surface area contributed by atoms with E-state index in [1.54, 1.807) is 0 Å². The first-order chi connectivity index (χ1) is 14.1. The number of rotatable bonds is 5. The second-order valence-corrected chi connectivity index (χ2v) is 8.22. The van der Waals surface area contributed by atoms with Crippen molar-refractivity contribution in [2.24, 2.45) is 0 Å². The summed E-state index contributed by atoms with van der Waals surface area (Å²) in [5, 5.41) is 1.56. The molecule has 3 nitrogen and oxygen atoms in total. The normalized spacial score (nSPS) is 15.0. The van der Waals surface area contributed by atoms with E-state index in [0.717, 1.165) is 47.8 Å². The summed E-state index contributed by atoms with van der Waals surface area (Å²) in [6, 6.07) is 27.0. The number of halogens is 1. The number of nitrogens with zero attached hydrogens (tertiary/aromatic N) is 3. The van der Waals surface area contributed by atoms with Crippen molar-refractivity contribution in [3.05, 3.63) is 101 Å². The van der Waals surface area contributed by atoms with Gasteiger partial charge in [-0.3, -0.25) is 4.90 Å². The van der Waals surface area contributed by atoms with Gasteiger partial charge in [0.15, 0.2) is 5.11 Å². The van der Waals surface area contributed by atoms with Gasteiger partial charge < -0.3 is 9.80 Å². The van der Waals surface area contributed by atoms with Crippen molar-refractivity contribution in [2.75, 3.05) is 18.2 Å². The molecule has 3 aromatic carbocycles. The van der Waals surface area contributed by atoms with Crippen LogP contribution >= 0.6 is 23.8 Å². The lowest BCUT2D eigenvalue weighted by Gasteiger charge is -2.45. The number of aryl methyl sites for hydroxylation is 1. The number of hydrogen-bond donors (Lipinski definition) is 0. The Kier molecular flexibility index (Phi) is 6.14. The zero-order valence-electron chi connectivity index (χ0n) is 16.5. The molecule has 4 rings (SSSR count). The molecule has 1 saturated heterocycles. The molecule has 1 heterocycles. The van der Waals surface area contributed by atoms with Crippen LogP contribution in [0.15, 0.2) is 78.9 Å². The fourth-order valence-electron chi connectivity index (χ4n) is 3.69. The minimum absolute atomic E-state index is 0.725. The van der Waals surface area contributed by atoms with Crippen molar-refractivity contribution in [3.8, 4) is 0 Å². The van der Waals surface area contributed by atoms with E-state index >= 15 is 0 Å². The zero-order chi connectivity index (χ0) is 20.2. The van der Waals surface area contributed by atoms with Crippen LogP contribution in [0.25, 0.3) is 0 Å². The van der Waals surface area contributed by atoms with Crippen molar-refractivity contribution in [1.29, 1.82) is 0 Å². The van der Waals surface area contributed by atoms with Crippen LogP contribution < -0.4 is 4.90 Å². The first-order valence-corrected chi connectivity index (χ1v) is 10.5. The average Bonchev–Trinajstić information content (AvgIpc) is 2.74. The summed E-state index contributed by atoms with van der Waals surface area (Å²) in [6.07, 6.45) is 0. The quantitative estimate of drug-likeness (QED) is 0.490. The highest BCUT2D eigenvalue weighted by Crippen LogP contribution is 2.28. The molecule has 148 valence electrons. The van der Waals surface area contributed by atoms with Gasteiger partial charge in [-0.25, -0.2) is 0 Å². The molecule has 1 fully saturated rings. The highest BCUT2D eigenvalue weighted by atomic mass is 35.5. The smallest absolute Gasteiger partial charge is 0.178 e. The fourth-order valence-corrected chi connectivity index (χ4v) is 4.14. The standard InChI is InChI=1S/C24H24ClN3S/c1-19-12-13-22(25)14-23(19)28-18-26(15-20-8-4-2-5-9-20)17-27(24(28)29)16-21-10-6-3-7-11-21/h2-14H,15-18H2,1H3. The van der Waals surface area contributed by atoms with E-state index in [-0.39, 0.29) is 0 Å². The maximum Gasteiger partial charge on any atom is 0.178 e. The second-order valence-electron chi connectivity index (χ2n) is 7.42. The van der Waals surface area contributed by atoms with E-state index in [9.17, 15) is 0 Å². The number of anilines is 1. The van der Waals surface area contributed by atoms with Crippen molar-refractivity contribution in [2.45, 2.75) is 20.0 Å². The fraction of sp³-hybridized carbons (Fsp3) is 0.208. The van der Waals surface area contributed by atoms with Gasteiger partial charge in [0.2, 0.25) is 0 Å². The third-order valence-electron chi connectivity index (χ3n) is 5.14. The molecule has 0 atom stereocenters. The van der Waals surface area contributed by atoms with Gasteiger partial charge in [0, 0.05) is 23.8 Å². The molecule has 5 heteroatoms. The summed E-state index contributed by atoms with van der Waals surface area (Å²) in [5.74, 6) is 0. The Balaban J connectivity index is 1.64. The first-order valence-electron chi connectivity index (χ1n) is 9.73. The summed E-state index contributed by atoms with van der Waals surface area (Å²) < 4.78 is 0. The first kappa shape index (κ1) is 19.9. The van der Waals surface area contributed by atoms with Gasteiger partial charge in [0.05, 0.1) is 13.3 Å². The van der Waals surface area contributed by atoms with Gasteiger partial charge in [-0.15, -0.1) is 0 Å². The van der Waals surface area contributed by atoms with Crippen LogP contribution in [0.5, 0.6) is 0 Å². The molecule has 0 radical (unpaired) electrons. The molecule has 29 heavy (non-hydrogen) atoms. The summed E-state index contributed by atoms with van der Waals surface area (Å²) in [7, 11) is 0. The van der Waals surface area contributed by atoms with Crippen LogP contribution in [0.2, 0.25) is 5.02 Å². The molecule has 0 aromatic heterocycles. The highest BCUT2D eigenvalue weighted by Gasteiger charge is 2.29. The van der Waals surface area contributed by atoms with Gasteiger partial charge in [-0.05, 0) is 48.0 Å². The number of hydrogen-bond acceptors (Lipinski definition) is 2. The second kappa shape index (κ2) is 8.95. The SMILES string of the molecule is Cc1ccc(Cl)cc1N1CN(Cc2ccccc2)CN(Cc2ccccc2)C1=S. The van der Waals surface area contributed by atoms with Crippen molar-refractivity contribution in [1.82, 2.24) is 9.80 Å². The predicted molar refractivity (Wildman–Crippen MR) is 125 cm³/mol. The molecule has 0 amide bonds. The Morgan fingerprint density at radius 3 is 2.10 bits per heavy atom. The van der Waals surface area contributed by atoms with Gasteiger partial charge in [-0.1, -0.05) is 78.3 Å². The monoisotopic (exact) mass is 421 g/mol. The van der Waals surface area contributed by atoms with Gasteiger partial charge in [0.25, 0.3) is 0 Å². The average molecular weight is 422 g/mol. The lowest BCUT2D eigenvalue weighted by Crippen LogP contribution is -2.57. The topological polar surface area (TPSA) is 9.72 Å². The Hall–Kier alpha value is -2.40. The van der Waals surface area contributed by atoms with Crippen LogP contribution in [-0.2, 0) is 13.1 Å².